The van der Waals surface area contributed by atoms with Gasteiger partial charge in [-0.2, -0.15) is 0 Å². The third kappa shape index (κ3) is 3.87. The summed E-state index contributed by atoms with van der Waals surface area (Å²) in [5.74, 6) is 0.00734. The Morgan fingerprint density at radius 1 is 1.44 bits per heavy atom. The summed E-state index contributed by atoms with van der Waals surface area (Å²) in [6.45, 7) is 1.88. The number of benzene rings is 1. The number of carbonyl (C=O) groups is 1. The summed E-state index contributed by atoms with van der Waals surface area (Å²) in [5.41, 5.74) is 0.808. The molecule has 0 bridgehead atoms. The van der Waals surface area contributed by atoms with Crippen LogP contribution in [0, 0.1) is 0 Å². The fourth-order valence-corrected chi connectivity index (χ4v) is 2.57. The molecule has 1 aromatic carbocycles. The lowest BCUT2D eigenvalue weighted by atomic mass is 10.1. The Bertz CT molecular complexity index is 431. The van der Waals surface area contributed by atoms with Gasteiger partial charge in [-0.15, -0.1) is 0 Å². The fourth-order valence-electron chi connectivity index (χ4n) is 2.09. The first-order valence-electron chi connectivity index (χ1n) is 6.09. The molecule has 5 heteroatoms. The van der Waals surface area contributed by atoms with Crippen molar-refractivity contribution in [2.45, 2.75) is 25.3 Å². The molecule has 1 heterocycles. The molecule has 0 radical (unpaired) electrons. The molecule has 1 fully saturated rings. The van der Waals surface area contributed by atoms with Gasteiger partial charge < -0.3 is 10.6 Å². The van der Waals surface area contributed by atoms with Crippen LogP contribution in [0.3, 0.4) is 0 Å². The molecule has 0 aliphatic carbocycles. The molecule has 0 aromatic heterocycles. The molecule has 3 nitrogen and oxygen atoms in total. The lowest BCUT2D eigenvalue weighted by Gasteiger charge is -2.23. The second-order valence-electron chi connectivity index (χ2n) is 4.52. The summed E-state index contributed by atoms with van der Waals surface area (Å²) in [6, 6.07) is 5.44. The minimum atomic E-state index is 0.00734. The summed E-state index contributed by atoms with van der Waals surface area (Å²) in [4.78, 5) is 11.9. The van der Waals surface area contributed by atoms with Crippen molar-refractivity contribution in [3.63, 3.8) is 0 Å². The minimum Gasteiger partial charge on any atom is -0.352 e. The Balaban J connectivity index is 1.90. The number of carbonyl (C=O) groups excluding carboxylic acids is 1. The predicted octanol–water partition coefficient (Wildman–Crippen LogP) is 2.40. The number of amides is 1. The summed E-state index contributed by atoms with van der Waals surface area (Å²) in [6.07, 6.45) is 2.44. The van der Waals surface area contributed by atoms with Crippen LogP contribution < -0.4 is 10.6 Å². The molecular weight excluding hydrogens is 271 g/mol. The van der Waals surface area contributed by atoms with E-state index in [1.165, 1.54) is 0 Å². The zero-order chi connectivity index (χ0) is 13.0. The first-order chi connectivity index (χ1) is 8.65. The van der Waals surface area contributed by atoms with Gasteiger partial charge in [0.15, 0.2) is 0 Å². The monoisotopic (exact) mass is 286 g/mol. The number of piperidine rings is 1. The summed E-state index contributed by atoms with van der Waals surface area (Å²) < 4.78 is 0. The maximum atomic E-state index is 11.9. The lowest BCUT2D eigenvalue weighted by molar-refractivity contribution is -0.121. The number of hydrogen-bond donors (Lipinski definition) is 2. The molecule has 2 rings (SSSR count). The largest absolute Gasteiger partial charge is 0.352 e. The van der Waals surface area contributed by atoms with E-state index >= 15 is 0 Å². The normalized spacial score (nSPS) is 19.6. The van der Waals surface area contributed by atoms with E-state index in [-0.39, 0.29) is 11.9 Å². The van der Waals surface area contributed by atoms with Crippen LogP contribution in [0.1, 0.15) is 18.4 Å². The van der Waals surface area contributed by atoms with E-state index < -0.39 is 0 Å². The highest BCUT2D eigenvalue weighted by Crippen LogP contribution is 2.21. The molecule has 1 amide bonds. The van der Waals surface area contributed by atoms with Gasteiger partial charge in [0.25, 0.3) is 0 Å². The van der Waals surface area contributed by atoms with Crippen LogP contribution >= 0.6 is 23.2 Å². The van der Waals surface area contributed by atoms with Crippen molar-refractivity contribution >= 4 is 29.1 Å². The van der Waals surface area contributed by atoms with E-state index in [0.717, 1.165) is 31.5 Å². The fraction of sp³-hybridized carbons (Fsp3) is 0.462. The molecule has 18 heavy (non-hydrogen) atoms. The zero-order valence-electron chi connectivity index (χ0n) is 10.0. The highest BCUT2D eigenvalue weighted by Gasteiger charge is 2.16. The van der Waals surface area contributed by atoms with E-state index in [4.69, 9.17) is 23.2 Å². The van der Waals surface area contributed by atoms with Gasteiger partial charge in [-0.3, -0.25) is 4.79 Å². The van der Waals surface area contributed by atoms with Crippen LogP contribution in [-0.2, 0) is 11.2 Å². The third-order valence-corrected chi connectivity index (χ3v) is 3.62. The van der Waals surface area contributed by atoms with E-state index in [9.17, 15) is 4.79 Å². The molecule has 0 spiro atoms. The Morgan fingerprint density at radius 2 is 2.28 bits per heavy atom. The Kier molecular flexibility index (Phi) is 4.87. The number of hydrogen-bond acceptors (Lipinski definition) is 2. The first kappa shape index (κ1) is 13.7. The number of rotatable bonds is 3. The average molecular weight is 287 g/mol. The Hall–Kier alpha value is -0.770. The molecular formula is C13H16Cl2N2O. The van der Waals surface area contributed by atoms with Gasteiger partial charge in [-0.1, -0.05) is 29.3 Å². The van der Waals surface area contributed by atoms with Crippen molar-refractivity contribution in [3.05, 3.63) is 33.8 Å². The van der Waals surface area contributed by atoms with Crippen molar-refractivity contribution in [2.75, 3.05) is 13.1 Å². The van der Waals surface area contributed by atoms with Crippen molar-refractivity contribution in [1.29, 1.82) is 0 Å². The maximum Gasteiger partial charge on any atom is 0.224 e. The van der Waals surface area contributed by atoms with Crippen LogP contribution in [0.25, 0.3) is 0 Å². The van der Waals surface area contributed by atoms with Gasteiger partial charge in [-0.25, -0.2) is 0 Å². The summed E-state index contributed by atoms with van der Waals surface area (Å²) in [7, 11) is 0. The highest BCUT2D eigenvalue weighted by atomic mass is 35.5. The Labute approximate surface area is 117 Å². The lowest BCUT2D eigenvalue weighted by Crippen LogP contribution is -2.46. The van der Waals surface area contributed by atoms with Crippen LogP contribution in [0.2, 0.25) is 10.0 Å². The summed E-state index contributed by atoms with van der Waals surface area (Å²) >= 11 is 11.9. The second kappa shape index (κ2) is 6.41. The molecule has 0 saturated carbocycles. The second-order valence-corrected chi connectivity index (χ2v) is 5.37. The van der Waals surface area contributed by atoms with Crippen molar-refractivity contribution < 1.29 is 4.79 Å². The molecule has 1 unspecified atom stereocenters. The quantitative estimate of drug-likeness (QED) is 0.896. The van der Waals surface area contributed by atoms with Gasteiger partial charge in [0, 0.05) is 22.6 Å². The summed E-state index contributed by atoms with van der Waals surface area (Å²) in [5, 5.41) is 7.41. The standard InChI is InChI=1S/C13H16Cl2N2O/c14-10-4-3-9(12(15)7-10)6-13(18)17-11-2-1-5-16-8-11/h3-4,7,11,16H,1-2,5-6,8H2,(H,17,18). The predicted molar refractivity (Wildman–Crippen MR) is 74.2 cm³/mol. The number of nitrogens with one attached hydrogen (secondary N) is 2. The molecule has 1 aliphatic rings. The molecule has 1 atom stereocenters. The van der Waals surface area contributed by atoms with Gasteiger partial charge in [0.2, 0.25) is 5.91 Å². The topological polar surface area (TPSA) is 41.1 Å². The van der Waals surface area contributed by atoms with Crippen LogP contribution in [0.5, 0.6) is 0 Å². The average Bonchev–Trinajstić information content (AvgIpc) is 2.34. The van der Waals surface area contributed by atoms with Crippen molar-refractivity contribution in [3.8, 4) is 0 Å². The maximum absolute atomic E-state index is 11.9. The minimum absolute atomic E-state index is 0.00734. The number of halogens is 2. The molecule has 98 valence electrons. The Morgan fingerprint density at radius 3 is 2.94 bits per heavy atom. The van der Waals surface area contributed by atoms with Crippen molar-refractivity contribution in [1.82, 2.24) is 10.6 Å². The smallest absolute Gasteiger partial charge is 0.224 e. The van der Waals surface area contributed by atoms with E-state index in [2.05, 4.69) is 10.6 Å². The SMILES string of the molecule is O=C(Cc1ccc(Cl)cc1Cl)NC1CCCNC1. The zero-order valence-corrected chi connectivity index (χ0v) is 11.5. The van der Waals surface area contributed by atoms with E-state index in [1.807, 2.05) is 0 Å². The van der Waals surface area contributed by atoms with Gasteiger partial charge in [0.05, 0.1) is 6.42 Å². The molecule has 1 saturated heterocycles. The molecule has 1 aromatic rings. The van der Waals surface area contributed by atoms with Crippen LogP contribution in [-0.4, -0.2) is 25.0 Å². The first-order valence-corrected chi connectivity index (χ1v) is 6.85. The third-order valence-electron chi connectivity index (χ3n) is 3.03. The van der Waals surface area contributed by atoms with Gasteiger partial charge >= 0.3 is 0 Å². The highest BCUT2D eigenvalue weighted by molar-refractivity contribution is 6.35. The van der Waals surface area contributed by atoms with Crippen molar-refractivity contribution in [2.24, 2.45) is 0 Å². The van der Waals surface area contributed by atoms with Crippen LogP contribution in [0.15, 0.2) is 18.2 Å². The molecule has 2 N–H and O–H groups in total. The van der Waals surface area contributed by atoms with Crippen LogP contribution in [0.4, 0.5) is 0 Å². The van der Waals surface area contributed by atoms with E-state index in [1.54, 1.807) is 18.2 Å². The van der Waals surface area contributed by atoms with Gasteiger partial charge in [-0.05, 0) is 37.1 Å². The molecule has 1 aliphatic heterocycles. The van der Waals surface area contributed by atoms with E-state index in [0.29, 0.717) is 16.5 Å². The van der Waals surface area contributed by atoms with Gasteiger partial charge in [0.1, 0.15) is 0 Å².